The van der Waals surface area contributed by atoms with Crippen LogP contribution in [0.25, 0.3) is 0 Å². The normalized spacial score (nSPS) is 20.1. The van der Waals surface area contributed by atoms with Crippen molar-refractivity contribution in [3.63, 3.8) is 0 Å². The SMILES string of the molecule is O=C(Cc1ccccc1)N1CCC(CBr)C1. The van der Waals surface area contributed by atoms with Gasteiger partial charge in [-0.05, 0) is 17.9 Å². The van der Waals surface area contributed by atoms with Gasteiger partial charge in [-0.3, -0.25) is 4.79 Å². The van der Waals surface area contributed by atoms with Crippen LogP contribution in [0.2, 0.25) is 0 Å². The van der Waals surface area contributed by atoms with Crippen LogP contribution in [-0.2, 0) is 11.2 Å². The molecule has 0 bridgehead atoms. The molecule has 1 aliphatic heterocycles. The van der Waals surface area contributed by atoms with Crippen LogP contribution in [0.1, 0.15) is 12.0 Å². The number of nitrogens with zero attached hydrogens (tertiary/aromatic N) is 1. The molecular formula is C13H16BrNO. The maximum atomic E-state index is 12.0. The zero-order chi connectivity index (χ0) is 11.4. The van der Waals surface area contributed by atoms with Gasteiger partial charge in [0.1, 0.15) is 0 Å². The molecule has 2 nitrogen and oxygen atoms in total. The molecule has 0 N–H and O–H groups in total. The summed E-state index contributed by atoms with van der Waals surface area (Å²) in [5.74, 6) is 0.898. The Morgan fingerprint density at radius 1 is 1.38 bits per heavy atom. The van der Waals surface area contributed by atoms with Gasteiger partial charge in [-0.1, -0.05) is 46.3 Å². The fourth-order valence-corrected chi connectivity index (χ4v) is 2.60. The van der Waals surface area contributed by atoms with Crippen molar-refractivity contribution in [1.82, 2.24) is 4.90 Å². The average molecular weight is 282 g/mol. The van der Waals surface area contributed by atoms with Gasteiger partial charge in [-0.2, -0.15) is 0 Å². The number of carbonyl (C=O) groups is 1. The van der Waals surface area contributed by atoms with Gasteiger partial charge in [0.15, 0.2) is 0 Å². The highest BCUT2D eigenvalue weighted by Crippen LogP contribution is 2.19. The van der Waals surface area contributed by atoms with Crippen LogP contribution < -0.4 is 0 Å². The molecule has 0 aromatic heterocycles. The van der Waals surface area contributed by atoms with Crippen molar-refractivity contribution in [1.29, 1.82) is 0 Å². The number of carbonyl (C=O) groups excluding carboxylic acids is 1. The highest BCUT2D eigenvalue weighted by molar-refractivity contribution is 9.09. The third kappa shape index (κ3) is 2.85. The summed E-state index contributed by atoms with van der Waals surface area (Å²) in [6.45, 7) is 1.83. The van der Waals surface area contributed by atoms with Gasteiger partial charge in [0.2, 0.25) is 5.91 Å². The monoisotopic (exact) mass is 281 g/mol. The zero-order valence-corrected chi connectivity index (χ0v) is 10.8. The molecular weight excluding hydrogens is 266 g/mol. The highest BCUT2D eigenvalue weighted by Gasteiger charge is 2.24. The minimum Gasteiger partial charge on any atom is -0.342 e. The van der Waals surface area contributed by atoms with Crippen LogP contribution in [0.5, 0.6) is 0 Å². The van der Waals surface area contributed by atoms with Gasteiger partial charge >= 0.3 is 0 Å². The maximum Gasteiger partial charge on any atom is 0.226 e. The van der Waals surface area contributed by atoms with Gasteiger partial charge in [-0.15, -0.1) is 0 Å². The first-order chi connectivity index (χ1) is 7.79. The van der Waals surface area contributed by atoms with Crippen LogP contribution in [0.3, 0.4) is 0 Å². The van der Waals surface area contributed by atoms with E-state index >= 15 is 0 Å². The summed E-state index contributed by atoms with van der Waals surface area (Å²) in [4.78, 5) is 14.0. The number of hydrogen-bond donors (Lipinski definition) is 0. The molecule has 0 saturated carbocycles. The van der Waals surface area contributed by atoms with Crippen molar-refractivity contribution in [2.45, 2.75) is 12.8 Å². The van der Waals surface area contributed by atoms with Gasteiger partial charge in [-0.25, -0.2) is 0 Å². The molecule has 1 aromatic carbocycles. The Kier molecular flexibility index (Phi) is 3.99. The van der Waals surface area contributed by atoms with Crippen molar-refractivity contribution in [2.24, 2.45) is 5.92 Å². The van der Waals surface area contributed by atoms with E-state index in [1.54, 1.807) is 0 Å². The molecule has 1 unspecified atom stereocenters. The van der Waals surface area contributed by atoms with E-state index in [0.29, 0.717) is 12.3 Å². The Bertz CT molecular complexity index is 352. The minimum absolute atomic E-state index is 0.259. The zero-order valence-electron chi connectivity index (χ0n) is 9.23. The Labute approximate surface area is 105 Å². The van der Waals surface area contributed by atoms with E-state index in [1.807, 2.05) is 35.2 Å². The number of amides is 1. The van der Waals surface area contributed by atoms with E-state index in [2.05, 4.69) is 15.9 Å². The van der Waals surface area contributed by atoms with Crippen molar-refractivity contribution >= 4 is 21.8 Å². The number of halogens is 1. The number of alkyl halides is 1. The molecule has 0 aliphatic carbocycles. The smallest absolute Gasteiger partial charge is 0.226 e. The number of rotatable bonds is 3. The molecule has 3 heteroatoms. The first kappa shape index (κ1) is 11.6. The second-order valence-corrected chi connectivity index (χ2v) is 4.96. The minimum atomic E-state index is 0.259. The molecule has 2 rings (SSSR count). The lowest BCUT2D eigenvalue weighted by atomic mass is 10.1. The molecule has 1 aliphatic rings. The molecule has 1 saturated heterocycles. The molecule has 16 heavy (non-hydrogen) atoms. The first-order valence-electron chi connectivity index (χ1n) is 5.67. The van der Waals surface area contributed by atoms with Gasteiger partial charge in [0, 0.05) is 18.4 Å². The molecule has 1 atom stereocenters. The van der Waals surface area contributed by atoms with Gasteiger partial charge in [0.05, 0.1) is 6.42 Å². The number of likely N-dealkylation sites (tertiary alicyclic amines) is 1. The van der Waals surface area contributed by atoms with E-state index in [1.165, 1.54) is 0 Å². The molecule has 0 spiro atoms. The highest BCUT2D eigenvalue weighted by atomic mass is 79.9. The predicted molar refractivity (Wildman–Crippen MR) is 68.6 cm³/mol. The summed E-state index contributed by atoms with van der Waals surface area (Å²) >= 11 is 3.48. The third-order valence-corrected chi connectivity index (χ3v) is 3.97. The Balaban J connectivity index is 1.90. The summed E-state index contributed by atoms with van der Waals surface area (Å²) in [6.07, 6.45) is 1.67. The van der Waals surface area contributed by atoms with Crippen LogP contribution in [0.15, 0.2) is 30.3 Å². The Hall–Kier alpha value is -0.830. The lowest BCUT2D eigenvalue weighted by Crippen LogP contribution is -2.30. The quantitative estimate of drug-likeness (QED) is 0.780. The van der Waals surface area contributed by atoms with Crippen molar-refractivity contribution < 1.29 is 4.79 Å². The molecule has 0 radical (unpaired) electrons. The van der Waals surface area contributed by atoms with E-state index in [9.17, 15) is 4.79 Å². The lowest BCUT2D eigenvalue weighted by molar-refractivity contribution is -0.129. The molecule has 1 aromatic rings. The molecule has 1 fully saturated rings. The standard InChI is InChI=1S/C13H16BrNO/c14-9-12-6-7-15(10-12)13(16)8-11-4-2-1-3-5-11/h1-5,12H,6-10H2. The molecule has 1 amide bonds. The summed E-state index contributed by atoms with van der Waals surface area (Å²) < 4.78 is 0. The summed E-state index contributed by atoms with van der Waals surface area (Å²) in [6, 6.07) is 9.96. The summed E-state index contributed by atoms with van der Waals surface area (Å²) in [7, 11) is 0. The Morgan fingerprint density at radius 2 is 2.12 bits per heavy atom. The fraction of sp³-hybridized carbons (Fsp3) is 0.462. The Morgan fingerprint density at radius 3 is 2.75 bits per heavy atom. The van der Waals surface area contributed by atoms with Gasteiger partial charge < -0.3 is 4.90 Å². The maximum absolute atomic E-state index is 12.0. The molecule has 86 valence electrons. The number of hydrogen-bond acceptors (Lipinski definition) is 1. The largest absolute Gasteiger partial charge is 0.342 e. The van der Waals surface area contributed by atoms with Crippen molar-refractivity contribution in [3.05, 3.63) is 35.9 Å². The topological polar surface area (TPSA) is 20.3 Å². The number of benzene rings is 1. The van der Waals surface area contributed by atoms with E-state index in [-0.39, 0.29) is 5.91 Å². The first-order valence-corrected chi connectivity index (χ1v) is 6.79. The van der Waals surface area contributed by atoms with E-state index in [0.717, 1.165) is 30.4 Å². The predicted octanol–water partition coefficient (Wildman–Crippen LogP) is 2.47. The third-order valence-electron chi connectivity index (χ3n) is 3.05. The van der Waals surface area contributed by atoms with Crippen molar-refractivity contribution in [3.8, 4) is 0 Å². The van der Waals surface area contributed by atoms with Crippen LogP contribution in [-0.4, -0.2) is 29.2 Å². The van der Waals surface area contributed by atoms with Crippen LogP contribution in [0.4, 0.5) is 0 Å². The second-order valence-electron chi connectivity index (χ2n) is 4.31. The summed E-state index contributed by atoms with van der Waals surface area (Å²) in [5.41, 5.74) is 1.11. The summed E-state index contributed by atoms with van der Waals surface area (Å²) in [5, 5.41) is 1.00. The van der Waals surface area contributed by atoms with Crippen molar-refractivity contribution in [2.75, 3.05) is 18.4 Å². The van der Waals surface area contributed by atoms with E-state index in [4.69, 9.17) is 0 Å². The van der Waals surface area contributed by atoms with E-state index < -0.39 is 0 Å². The second kappa shape index (κ2) is 5.48. The van der Waals surface area contributed by atoms with Crippen LogP contribution in [0, 0.1) is 5.92 Å². The fourth-order valence-electron chi connectivity index (χ4n) is 2.07. The molecule has 1 heterocycles. The van der Waals surface area contributed by atoms with Gasteiger partial charge in [0.25, 0.3) is 0 Å². The lowest BCUT2D eigenvalue weighted by Gasteiger charge is -2.16. The van der Waals surface area contributed by atoms with Crippen LogP contribution >= 0.6 is 15.9 Å². The average Bonchev–Trinajstić information content (AvgIpc) is 2.79.